The summed E-state index contributed by atoms with van der Waals surface area (Å²) in [6.07, 6.45) is 3.01. The molecule has 0 atom stereocenters. The highest BCUT2D eigenvalue weighted by Gasteiger charge is 2.05. The number of ether oxygens (including phenoxy) is 3. The normalized spacial score (nSPS) is 10.9. The molecule has 0 saturated carbocycles. The monoisotopic (exact) mass is 541 g/mol. The molecule has 172 valence electrons. The molecule has 7 heteroatoms. The van der Waals surface area contributed by atoms with Crippen molar-refractivity contribution in [2.75, 3.05) is 40.5 Å². The van der Waals surface area contributed by atoms with Gasteiger partial charge in [-0.1, -0.05) is 30.3 Å². The molecule has 0 unspecified atom stereocenters. The molecule has 2 aromatic rings. The molecule has 6 nitrogen and oxygen atoms in total. The number of halogens is 1. The summed E-state index contributed by atoms with van der Waals surface area (Å²) >= 11 is 0. The Bertz CT molecular complexity index is 757. The molecule has 0 aliphatic rings. The van der Waals surface area contributed by atoms with Crippen molar-refractivity contribution < 1.29 is 14.2 Å². The lowest BCUT2D eigenvalue weighted by Gasteiger charge is -2.13. The van der Waals surface area contributed by atoms with Gasteiger partial charge in [-0.25, -0.2) is 4.99 Å². The molecule has 2 N–H and O–H groups in total. The lowest BCUT2D eigenvalue weighted by atomic mass is 10.2. The molecule has 0 spiro atoms. The van der Waals surface area contributed by atoms with Crippen molar-refractivity contribution in [1.82, 2.24) is 10.6 Å². The van der Waals surface area contributed by atoms with Gasteiger partial charge >= 0.3 is 0 Å². The fraction of sp³-hybridized carbons (Fsp3) is 0.458. The fourth-order valence-corrected chi connectivity index (χ4v) is 2.96. The summed E-state index contributed by atoms with van der Waals surface area (Å²) in [6, 6.07) is 16.2. The van der Waals surface area contributed by atoms with E-state index in [0.717, 1.165) is 68.6 Å². The van der Waals surface area contributed by atoms with Crippen molar-refractivity contribution in [2.45, 2.75) is 32.7 Å². The van der Waals surface area contributed by atoms with E-state index in [0.29, 0.717) is 6.54 Å². The van der Waals surface area contributed by atoms with E-state index in [1.165, 1.54) is 5.56 Å². The Morgan fingerprint density at radius 3 is 2.45 bits per heavy atom. The third-order valence-electron chi connectivity index (χ3n) is 4.63. The highest BCUT2D eigenvalue weighted by molar-refractivity contribution is 14.0. The Morgan fingerprint density at radius 2 is 1.74 bits per heavy atom. The minimum atomic E-state index is 0. The third kappa shape index (κ3) is 10.7. The Hall–Kier alpha value is -2.00. The summed E-state index contributed by atoms with van der Waals surface area (Å²) in [5, 5.41) is 6.67. The molecule has 0 saturated heterocycles. The molecule has 0 aliphatic heterocycles. The van der Waals surface area contributed by atoms with E-state index in [-0.39, 0.29) is 24.0 Å². The molecule has 0 bridgehead atoms. The van der Waals surface area contributed by atoms with Crippen LogP contribution in [-0.4, -0.2) is 46.5 Å². The standard InChI is InChI=1S/C24H35N3O3.HI/c1-4-25-24(27-19-21-12-13-22(28-2)18-23(21)29-3)26-15-8-9-16-30-17-14-20-10-6-5-7-11-20;/h5-7,10-13,18H,4,8-9,14-17,19H2,1-3H3,(H2,25,26,27);1H. The molecule has 0 amide bonds. The maximum atomic E-state index is 5.74. The zero-order valence-corrected chi connectivity index (χ0v) is 21.2. The van der Waals surface area contributed by atoms with Crippen molar-refractivity contribution in [3.05, 3.63) is 59.7 Å². The molecular weight excluding hydrogens is 505 g/mol. The summed E-state index contributed by atoms with van der Waals surface area (Å²) in [7, 11) is 3.31. The summed E-state index contributed by atoms with van der Waals surface area (Å²) in [6.45, 7) is 5.81. The van der Waals surface area contributed by atoms with Crippen LogP contribution in [0.4, 0.5) is 0 Å². The number of rotatable bonds is 13. The van der Waals surface area contributed by atoms with E-state index >= 15 is 0 Å². The number of hydrogen-bond donors (Lipinski definition) is 2. The van der Waals surface area contributed by atoms with E-state index in [9.17, 15) is 0 Å². The van der Waals surface area contributed by atoms with E-state index in [1.54, 1.807) is 14.2 Å². The average Bonchev–Trinajstić information content (AvgIpc) is 2.79. The topological polar surface area (TPSA) is 64.1 Å². The van der Waals surface area contributed by atoms with Crippen LogP contribution in [0.1, 0.15) is 30.9 Å². The van der Waals surface area contributed by atoms with Gasteiger partial charge in [0, 0.05) is 31.3 Å². The molecule has 0 aliphatic carbocycles. The molecule has 0 aromatic heterocycles. The summed E-state index contributed by atoms with van der Waals surface area (Å²) in [5.74, 6) is 2.36. The van der Waals surface area contributed by atoms with Gasteiger partial charge < -0.3 is 24.8 Å². The predicted octanol–water partition coefficient (Wildman–Crippen LogP) is 4.42. The first-order valence-electron chi connectivity index (χ1n) is 10.6. The minimum Gasteiger partial charge on any atom is -0.497 e. The Morgan fingerprint density at radius 1 is 0.935 bits per heavy atom. The third-order valence-corrected chi connectivity index (χ3v) is 4.63. The second kappa shape index (κ2) is 16.7. The summed E-state index contributed by atoms with van der Waals surface area (Å²) < 4.78 is 16.4. The zero-order valence-electron chi connectivity index (χ0n) is 18.9. The van der Waals surface area contributed by atoms with Gasteiger partial charge in [0.05, 0.1) is 27.4 Å². The second-order valence-electron chi connectivity index (χ2n) is 6.85. The lowest BCUT2D eigenvalue weighted by Crippen LogP contribution is -2.37. The van der Waals surface area contributed by atoms with Gasteiger partial charge in [0.2, 0.25) is 0 Å². The van der Waals surface area contributed by atoms with E-state index < -0.39 is 0 Å². The Kier molecular flexibility index (Phi) is 14.5. The number of nitrogens with one attached hydrogen (secondary N) is 2. The number of methoxy groups -OCH3 is 2. The zero-order chi connectivity index (χ0) is 21.4. The molecule has 31 heavy (non-hydrogen) atoms. The van der Waals surface area contributed by atoms with Gasteiger partial charge in [0.15, 0.2) is 5.96 Å². The van der Waals surface area contributed by atoms with Crippen LogP contribution >= 0.6 is 24.0 Å². The van der Waals surface area contributed by atoms with Gasteiger partial charge in [0.1, 0.15) is 11.5 Å². The smallest absolute Gasteiger partial charge is 0.191 e. The van der Waals surface area contributed by atoms with Gasteiger partial charge in [0.25, 0.3) is 0 Å². The minimum absolute atomic E-state index is 0. The van der Waals surface area contributed by atoms with Crippen molar-refractivity contribution in [3.63, 3.8) is 0 Å². The number of nitrogens with zero attached hydrogens (tertiary/aromatic N) is 1. The van der Waals surface area contributed by atoms with Crippen LogP contribution in [-0.2, 0) is 17.7 Å². The van der Waals surface area contributed by atoms with Gasteiger partial charge in [-0.05, 0) is 43.9 Å². The van der Waals surface area contributed by atoms with Gasteiger partial charge in [-0.3, -0.25) is 0 Å². The summed E-state index contributed by atoms with van der Waals surface area (Å²) in [4.78, 5) is 4.67. The first-order valence-corrected chi connectivity index (χ1v) is 10.6. The average molecular weight is 541 g/mol. The molecule has 0 fully saturated rings. The Labute approximate surface area is 203 Å². The first-order chi connectivity index (χ1) is 14.8. The number of guanidine groups is 1. The van der Waals surface area contributed by atoms with E-state index in [2.05, 4.69) is 46.8 Å². The molecule has 2 aromatic carbocycles. The van der Waals surface area contributed by atoms with Crippen molar-refractivity contribution >= 4 is 29.9 Å². The number of benzene rings is 2. The number of hydrogen-bond acceptors (Lipinski definition) is 4. The SMILES string of the molecule is CCNC(=NCc1ccc(OC)cc1OC)NCCCCOCCc1ccccc1.I. The predicted molar refractivity (Wildman–Crippen MR) is 138 cm³/mol. The van der Waals surface area contributed by atoms with Gasteiger partial charge in [-0.15, -0.1) is 24.0 Å². The van der Waals surface area contributed by atoms with Crippen molar-refractivity contribution in [1.29, 1.82) is 0 Å². The van der Waals surface area contributed by atoms with Crippen LogP contribution in [0.5, 0.6) is 11.5 Å². The molecule has 0 radical (unpaired) electrons. The maximum Gasteiger partial charge on any atom is 0.191 e. The highest BCUT2D eigenvalue weighted by atomic mass is 127. The molecule has 2 rings (SSSR count). The quantitative estimate of drug-likeness (QED) is 0.170. The van der Waals surface area contributed by atoms with E-state index in [4.69, 9.17) is 14.2 Å². The van der Waals surface area contributed by atoms with Crippen molar-refractivity contribution in [3.8, 4) is 11.5 Å². The van der Waals surface area contributed by atoms with Crippen LogP contribution in [0.3, 0.4) is 0 Å². The van der Waals surface area contributed by atoms with Crippen LogP contribution < -0.4 is 20.1 Å². The first kappa shape index (κ1) is 27.0. The molecule has 0 heterocycles. The van der Waals surface area contributed by atoms with Crippen LogP contribution in [0.25, 0.3) is 0 Å². The van der Waals surface area contributed by atoms with Crippen LogP contribution in [0, 0.1) is 0 Å². The van der Waals surface area contributed by atoms with Crippen LogP contribution in [0.2, 0.25) is 0 Å². The van der Waals surface area contributed by atoms with E-state index in [1.807, 2.05) is 24.3 Å². The largest absolute Gasteiger partial charge is 0.497 e. The maximum absolute atomic E-state index is 5.74. The van der Waals surface area contributed by atoms with Crippen molar-refractivity contribution in [2.24, 2.45) is 4.99 Å². The lowest BCUT2D eigenvalue weighted by molar-refractivity contribution is 0.133. The molecular formula is C24H36IN3O3. The number of aliphatic imine (C=N–C) groups is 1. The highest BCUT2D eigenvalue weighted by Crippen LogP contribution is 2.25. The summed E-state index contributed by atoms with van der Waals surface area (Å²) in [5.41, 5.74) is 2.33. The number of unbranched alkanes of at least 4 members (excludes halogenated alkanes) is 1. The fourth-order valence-electron chi connectivity index (χ4n) is 2.96. The Balaban J connectivity index is 0.00000480. The second-order valence-corrected chi connectivity index (χ2v) is 6.85. The van der Waals surface area contributed by atoms with Gasteiger partial charge in [-0.2, -0.15) is 0 Å². The van der Waals surface area contributed by atoms with Crippen LogP contribution in [0.15, 0.2) is 53.5 Å².